The van der Waals surface area contributed by atoms with Crippen LogP contribution in [-0.4, -0.2) is 48.3 Å². The van der Waals surface area contributed by atoms with Crippen molar-refractivity contribution in [3.8, 4) is 0 Å². The Morgan fingerprint density at radius 2 is 2.32 bits per heavy atom. The summed E-state index contributed by atoms with van der Waals surface area (Å²) >= 11 is 1.78. The van der Waals surface area contributed by atoms with Gasteiger partial charge in [0.05, 0.1) is 24.3 Å². The van der Waals surface area contributed by atoms with Gasteiger partial charge in [0.2, 0.25) is 0 Å². The molecule has 0 bridgehead atoms. The average molecular weight is 360 g/mol. The van der Waals surface area contributed by atoms with Gasteiger partial charge in [-0.2, -0.15) is 0 Å². The van der Waals surface area contributed by atoms with Crippen molar-refractivity contribution in [1.82, 2.24) is 10.2 Å². The van der Waals surface area contributed by atoms with Gasteiger partial charge >= 0.3 is 5.97 Å². The molecule has 25 heavy (non-hydrogen) atoms. The van der Waals surface area contributed by atoms with E-state index in [0.717, 1.165) is 31.8 Å². The Labute approximate surface area is 152 Å². The van der Waals surface area contributed by atoms with Crippen LogP contribution in [0.3, 0.4) is 0 Å². The number of nitrogens with one attached hydrogen (secondary N) is 1. The molecule has 2 atom stereocenters. The second-order valence-corrected chi connectivity index (χ2v) is 7.32. The van der Waals surface area contributed by atoms with Crippen LogP contribution in [0, 0.1) is 0 Å². The van der Waals surface area contributed by atoms with E-state index in [2.05, 4.69) is 34.7 Å². The van der Waals surface area contributed by atoms with Crippen molar-refractivity contribution in [2.75, 3.05) is 26.2 Å². The second-order valence-electron chi connectivity index (χ2n) is 6.34. The van der Waals surface area contributed by atoms with Crippen molar-refractivity contribution in [2.24, 2.45) is 0 Å². The zero-order valence-electron chi connectivity index (χ0n) is 14.4. The molecule has 1 aliphatic rings. The van der Waals surface area contributed by atoms with Gasteiger partial charge in [-0.25, -0.2) is 4.79 Å². The number of morpholine rings is 1. The van der Waals surface area contributed by atoms with Gasteiger partial charge < -0.3 is 15.2 Å². The summed E-state index contributed by atoms with van der Waals surface area (Å²) in [7, 11) is 0. The standard InChI is InChI=1S/C19H24N2O3S/c1-14-13-21(7-8-24-14)17(18-6-3-9-25-18)12-20-11-15-4-2-5-16(10-15)19(22)23/h2-6,9-10,14,17,20H,7-8,11-13H2,1H3,(H,22,23). The smallest absolute Gasteiger partial charge is 0.335 e. The van der Waals surface area contributed by atoms with Gasteiger partial charge in [0.1, 0.15) is 0 Å². The first-order valence-corrected chi connectivity index (χ1v) is 9.43. The van der Waals surface area contributed by atoms with Crippen LogP contribution in [0.5, 0.6) is 0 Å². The molecule has 1 fully saturated rings. The van der Waals surface area contributed by atoms with Crippen LogP contribution < -0.4 is 5.32 Å². The lowest BCUT2D eigenvalue weighted by molar-refractivity contribution is -0.0339. The molecule has 134 valence electrons. The first-order chi connectivity index (χ1) is 12.1. The van der Waals surface area contributed by atoms with E-state index in [1.54, 1.807) is 29.5 Å². The summed E-state index contributed by atoms with van der Waals surface area (Å²) in [4.78, 5) is 14.9. The van der Waals surface area contributed by atoms with Crippen molar-refractivity contribution >= 4 is 17.3 Å². The van der Waals surface area contributed by atoms with Crippen LogP contribution in [0.2, 0.25) is 0 Å². The summed E-state index contributed by atoms with van der Waals surface area (Å²) in [5.41, 5.74) is 1.32. The minimum absolute atomic E-state index is 0.253. The monoisotopic (exact) mass is 360 g/mol. The molecule has 1 aliphatic heterocycles. The van der Waals surface area contributed by atoms with E-state index in [9.17, 15) is 4.79 Å². The SMILES string of the molecule is CC1CN(C(CNCc2cccc(C(=O)O)c2)c2cccs2)CCO1. The Kier molecular flexibility index (Phi) is 6.20. The third-order valence-electron chi connectivity index (χ3n) is 4.43. The summed E-state index contributed by atoms with van der Waals surface area (Å²) in [6.45, 7) is 6.22. The maximum Gasteiger partial charge on any atom is 0.335 e. The third kappa shape index (κ3) is 4.89. The predicted octanol–water partition coefficient (Wildman–Crippen LogP) is 3.00. The van der Waals surface area contributed by atoms with Crippen LogP contribution in [0.4, 0.5) is 0 Å². The molecule has 1 saturated heterocycles. The van der Waals surface area contributed by atoms with E-state index >= 15 is 0 Å². The molecule has 2 aromatic rings. The van der Waals surface area contributed by atoms with Gasteiger partial charge in [-0.3, -0.25) is 4.90 Å². The van der Waals surface area contributed by atoms with Gasteiger partial charge in [-0.1, -0.05) is 18.2 Å². The molecule has 0 amide bonds. The highest BCUT2D eigenvalue weighted by Crippen LogP contribution is 2.26. The summed E-state index contributed by atoms with van der Waals surface area (Å²) in [5, 5.41) is 14.7. The molecule has 0 radical (unpaired) electrons. The van der Waals surface area contributed by atoms with Gasteiger partial charge in [-0.15, -0.1) is 11.3 Å². The van der Waals surface area contributed by atoms with Crippen LogP contribution in [-0.2, 0) is 11.3 Å². The summed E-state index contributed by atoms with van der Waals surface area (Å²) in [5.74, 6) is -0.888. The number of hydrogen-bond acceptors (Lipinski definition) is 5. The maximum atomic E-state index is 11.1. The Balaban J connectivity index is 1.63. The largest absolute Gasteiger partial charge is 0.478 e. The first kappa shape index (κ1) is 18.1. The second kappa shape index (κ2) is 8.58. The van der Waals surface area contributed by atoms with Gasteiger partial charge in [0, 0.05) is 31.1 Å². The molecule has 0 aliphatic carbocycles. The fraction of sp³-hybridized carbons (Fsp3) is 0.421. The molecular formula is C19H24N2O3S. The minimum Gasteiger partial charge on any atom is -0.478 e. The molecule has 6 heteroatoms. The fourth-order valence-electron chi connectivity index (χ4n) is 3.19. The van der Waals surface area contributed by atoms with Crippen LogP contribution >= 0.6 is 11.3 Å². The molecule has 5 nitrogen and oxygen atoms in total. The van der Waals surface area contributed by atoms with Crippen molar-refractivity contribution < 1.29 is 14.6 Å². The molecule has 2 N–H and O–H groups in total. The zero-order valence-corrected chi connectivity index (χ0v) is 15.2. The number of carboxylic acids is 1. The minimum atomic E-state index is -0.888. The molecule has 1 aromatic heterocycles. The van der Waals surface area contributed by atoms with E-state index in [4.69, 9.17) is 9.84 Å². The van der Waals surface area contributed by atoms with Crippen LogP contribution in [0.15, 0.2) is 41.8 Å². The van der Waals surface area contributed by atoms with Crippen LogP contribution in [0.25, 0.3) is 0 Å². The number of nitrogens with zero attached hydrogens (tertiary/aromatic N) is 1. The molecule has 0 spiro atoms. The van der Waals surface area contributed by atoms with E-state index in [1.807, 2.05) is 6.07 Å². The number of ether oxygens (including phenoxy) is 1. The molecule has 2 unspecified atom stereocenters. The van der Waals surface area contributed by atoms with E-state index in [-0.39, 0.29) is 6.10 Å². The van der Waals surface area contributed by atoms with Crippen molar-refractivity contribution in [3.05, 3.63) is 57.8 Å². The number of rotatable bonds is 7. The van der Waals surface area contributed by atoms with Crippen molar-refractivity contribution in [1.29, 1.82) is 0 Å². The van der Waals surface area contributed by atoms with Crippen molar-refractivity contribution in [2.45, 2.75) is 25.6 Å². The Hall–Kier alpha value is -1.73. The lowest BCUT2D eigenvalue weighted by Crippen LogP contribution is -2.45. The number of aromatic carboxylic acids is 1. The first-order valence-electron chi connectivity index (χ1n) is 8.55. The fourth-order valence-corrected chi connectivity index (χ4v) is 4.05. The van der Waals surface area contributed by atoms with Crippen molar-refractivity contribution in [3.63, 3.8) is 0 Å². The summed E-state index contributed by atoms with van der Waals surface area (Å²) < 4.78 is 5.67. The van der Waals surface area contributed by atoms with Gasteiger partial charge in [0.25, 0.3) is 0 Å². The Morgan fingerprint density at radius 3 is 3.04 bits per heavy atom. The predicted molar refractivity (Wildman–Crippen MR) is 99.2 cm³/mol. The number of carbonyl (C=O) groups is 1. The summed E-state index contributed by atoms with van der Waals surface area (Å²) in [6, 6.07) is 11.7. The number of hydrogen-bond donors (Lipinski definition) is 2. The maximum absolute atomic E-state index is 11.1. The number of thiophene rings is 1. The molecular weight excluding hydrogens is 336 g/mol. The third-order valence-corrected chi connectivity index (χ3v) is 5.40. The number of carboxylic acid groups (broad SMARTS) is 1. The average Bonchev–Trinajstić information content (AvgIpc) is 3.13. The topological polar surface area (TPSA) is 61.8 Å². The quantitative estimate of drug-likeness (QED) is 0.795. The molecule has 1 aromatic carbocycles. The van der Waals surface area contributed by atoms with E-state index in [0.29, 0.717) is 18.2 Å². The van der Waals surface area contributed by atoms with Crippen LogP contribution in [0.1, 0.15) is 33.8 Å². The van der Waals surface area contributed by atoms with E-state index < -0.39 is 5.97 Å². The number of benzene rings is 1. The van der Waals surface area contributed by atoms with Gasteiger partial charge in [-0.05, 0) is 36.1 Å². The lowest BCUT2D eigenvalue weighted by Gasteiger charge is -2.37. The summed E-state index contributed by atoms with van der Waals surface area (Å²) in [6.07, 6.45) is 0.253. The Morgan fingerprint density at radius 1 is 1.44 bits per heavy atom. The Bertz CT molecular complexity index is 690. The highest BCUT2D eigenvalue weighted by Gasteiger charge is 2.25. The molecule has 3 rings (SSSR count). The lowest BCUT2D eigenvalue weighted by atomic mass is 10.1. The normalized spacial score (nSPS) is 19.6. The zero-order chi connectivity index (χ0) is 17.6. The highest BCUT2D eigenvalue weighted by atomic mass is 32.1. The van der Waals surface area contributed by atoms with Gasteiger partial charge in [0.15, 0.2) is 0 Å². The van der Waals surface area contributed by atoms with E-state index in [1.165, 1.54) is 4.88 Å². The molecule has 2 heterocycles. The molecule has 0 saturated carbocycles. The highest BCUT2D eigenvalue weighted by molar-refractivity contribution is 7.10.